The molecule has 21 heavy (non-hydrogen) atoms. The third kappa shape index (κ3) is 2.77. The van der Waals surface area contributed by atoms with Gasteiger partial charge in [-0.1, -0.05) is 26.0 Å². The summed E-state index contributed by atoms with van der Waals surface area (Å²) in [5.74, 6) is 3.24. The largest absolute Gasteiger partial charge is 0.491 e. The minimum absolute atomic E-state index is 0.241. The number of benzene rings is 1. The van der Waals surface area contributed by atoms with Gasteiger partial charge < -0.3 is 15.4 Å². The SMILES string of the molecule is CC(C)c1nc(N)cc(N2CCCOc3ccccc32)n1. The smallest absolute Gasteiger partial charge is 0.142 e. The maximum absolute atomic E-state index is 5.95. The van der Waals surface area contributed by atoms with Crippen LogP contribution in [-0.2, 0) is 0 Å². The van der Waals surface area contributed by atoms with Crippen LogP contribution < -0.4 is 15.4 Å². The van der Waals surface area contributed by atoms with Crippen molar-refractivity contribution in [3.8, 4) is 5.75 Å². The molecule has 2 aromatic rings. The number of ether oxygens (including phenoxy) is 1. The van der Waals surface area contributed by atoms with E-state index in [0.717, 1.165) is 36.0 Å². The van der Waals surface area contributed by atoms with Crippen LogP contribution in [-0.4, -0.2) is 23.1 Å². The van der Waals surface area contributed by atoms with Gasteiger partial charge in [0, 0.05) is 18.5 Å². The fraction of sp³-hybridized carbons (Fsp3) is 0.375. The molecule has 0 amide bonds. The summed E-state index contributed by atoms with van der Waals surface area (Å²) < 4.78 is 5.79. The lowest BCUT2D eigenvalue weighted by Crippen LogP contribution is -2.20. The monoisotopic (exact) mass is 284 g/mol. The van der Waals surface area contributed by atoms with E-state index in [0.29, 0.717) is 12.4 Å². The van der Waals surface area contributed by atoms with Gasteiger partial charge in [0.25, 0.3) is 0 Å². The molecule has 5 nitrogen and oxygen atoms in total. The van der Waals surface area contributed by atoms with Crippen molar-refractivity contribution >= 4 is 17.3 Å². The van der Waals surface area contributed by atoms with E-state index < -0.39 is 0 Å². The third-order valence-corrected chi connectivity index (χ3v) is 3.48. The minimum Gasteiger partial charge on any atom is -0.491 e. The molecule has 0 radical (unpaired) electrons. The van der Waals surface area contributed by atoms with Crippen LogP contribution in [0.25, 0.3) is 0 Å². The van der Waals surface area contributed by atoms with E-state index in [-0.39, 0.29) is 5.92 Å². The predicted octanol–water partition coefficient (Wildman–Crippen LogP) is 3.10. The van der Waals surface area contributed by atoms with Gasteiger partial charge in [-0.2, -0.15) is 0 Å². The molecule has 1 aliphatic heterocycles. The summed E-state index contributed by atoms with van der Waals surface area (Å²) in [6.45, 7) is 5.70. The van der Waals surface area contributed by atoms with E-state index in [1.54, 1.807) is 0 Å². The van der Waals surface area contributed by atoms with Crippen LogP contribution in [0.15, 0.2) is 30.3 Å². The number of anilines is 3. The first-order valence-corrected chi connectivity index (χ1v) is 7.29. The van der Waals surface area contributed by atoms with Crippen molar-refractivity contribution in [3.05, 3.63) is 36.2 Å². The molecule has 0 bridgehead atoms. The van der Waals surface area contributed by atoms with Crippen molar-refractivity contribution in [1.82, 2.24) is 9.97 Å². The number of fused-ring (bicyclic) bond motifs is 1. The highest BCUT2D eigenvalue weighted by Gasteiger charge is 2.20. The quantitative estimate of drug-likeness (QED) is 0.918. The van der Waals surface area contributed by atoms with E-state index in [1.807, 2.05) is 30.3 Å². The Kier molecular flexibility index (Phi) is 3.64. The maximum atomic E-state index is 5.95. The summed E-state index contributed by atoms with van der Waals surface area (Å²) in [4.78, 5) is 11.2. The molecule has 1 aromatic carbocycles. The third-order valence-electron chi connectivity index (χ3n) is 3.48. The molecule has 0 fully saturated rings. The van der Waals surface area contributed by atoms with Gasteiger partial charge >= 0.3 is 0 Å². The first-order chi connectivity index (χ1) is 10.1. The predicted molar refractivity (Wildman–Crippen MR) is 84.1 cm³/mol. The van der Waals surface area contributed by atoms with Crippen molar-refractivity contribution in [2.75, 3.05) is 23.8 Å². The van der Waals surface area contributed by atoms with Crippen LogP contribution in [0.4, 0.5) is 17.3 Å². The van der Waals surface area contributed by atoms with Crippen LogP contribution in [0.2, 0.25) is 0 Å². The molecule has 2 heterocycles. The van der Waals surface area contributed by atoms with Gasteiger partial charge in [0.05, 0.1) is 12.3 Å². The second kappa shape index (κ2) is 5.60. The highest BCUT2D eigenvalue weighted by atomic mass is 16.5. The second-order valence-corrected chi connectivity index (χ2v) is 5.49. The topological polar surface area (TPSA) is 64.3 Å². The van der Waals surface area contributed by atoms with Crippen molar-refractivity contribution in [2.24, 2.45) is 0 Å². The number of aromatic nitrogens is 2. The Morgan fingerprint density at radius 3 is 2.86 bits per heavy atom. The standard InChI is InChI=1S/C16H20N4O/c1-11(2)16-18-14(17)10-15(19-16)20-8-5-9-21-13-7-4-3-6-12(13)20/h3-4,6-7,10-11H,5,8-9H2,1-2H3,(H2,17,18,19). The molecule has 0 saturated carbocycles. The zero-order valence-corrected chi connectivity index (χ0v) is 12.4. The van der Waals surface area contributed by atoms with Gasteiger partial charge in [-0.15, -0.1) is 0 Å². The average molecular weight is 284 g/mol. The molecule has 0 saturated heterocycles. The molecule has 0 unspecified atom stereocenters. The van der Waals surface area contributed by atoms with E-state index in [1.165, 1.54) is 0 Å². The van der Waals surface area contributed by atoms with E-state index in [2.05, 4.69) is 28.7 Å². The molecule has 3 rings (SSSR count). The summed E-state index contributed by atoms with van der Waals surface area (Å²) in [5.41, 5.74) is 6.98. The van der Waals surface area contributed by atoms with Crippen molar-refractivity contribution in [3.63, 3.8) is 0 Å². The van der Waals surface area contributed by atoms with E-state index in [9.17, 15) is 0 Å². The zero-order chi connectivity index (χ0) is 14.8. The molecule has 110 valence electrons. The van der Waals surface area contributed by atoms with Gasteiger partial charge in [-0.05, 0) is 18.6 Å². The summed E-state index contributed by atoms with van der Waals surface area (Å²) in [5, 5.41) is 0. The fourth-order valence-corrected chi connectivity index (χ4v) is 2.43. The molecular weight excluding hydrogens is 264 g/mol. The van der Waals surface area contributed by atoms with Gasteiger partial charge in [0.15, 0.2) is 0 Å². The molecule has 2 N–H and O–H groups in total. The van der Waals surface area contributed by atoms with Crippen molar-refractivity contribution < 1.29 is 4.74 Å². The van der Waals surface area contributed by atoms with Crippen LogP contribution in [0.1, 0.15) is 32.0 Å². The first-order valence-electron chi connectivity index (χ1n) is 7.29. The lowest BCUT2D eigenvalue weighted by atomic mass is 10.2. The summed E-state index contributed by atoms with van der Waals surface area (Å²) in [6, 6.07) is 9.86. The fourth-order valence-electron chi connectivity index (χ4n) is 2.43. The maximum Gasteiger partial charge on any atom is 0.142 e. The zero-order valence-electron chi connectivity index (χ0n) is 12.4. The molecule has 0 spiro atoms. The summed E-state index contributed by atoms with van der Waals surface area (Å²) in [7, 11) is 0. The highest BCUT2D eigenvalue weighted by Crippen LogP contribution is 2.35. The second-order valence-electron chi connectivity index (χ2n) is 5.49. The van der Waals surface area contributed by atoms with Crippen molar-refractivity contribution in [1.29, 1.82) is 0 Å². The van der Waals surface area contributed by atoms with Crippen LogP contribution >= 0.6 is 0 Å². The molecule has 1 aromatic heterocycles. The Hall–Kier alpha value is -2.30. The molecule has 1 aliphatic rings. The average Bonchev–Trinajstić information content (AvgIpc) is 2.69. The van der Waals surface area contributed by atoms with Crippen molar-refractivity contribution in [2.45, 2.75) is 26.2 Å². The molecule has 0 aliphatic carbocycles. The lowest BCUT2D eigenvalue weighted by molar-refractivity contribution is 0.322. The van der Waals surface area contributed by atoms with E-state index in [4.69, 9.17) is 10.5 Å². The molecule has 0 atom stereocenters. The van der Waals surface area contributed by atoms with Crippen LogP contribution in [0, 0.1) is 0 Å². The molecule has 5 heteroatoms. The number of para-hydroxylation sites is 2. The van der Waals surface area contributed by atoms with E-state index >= 15 is 0 Å². The van der Waals surface area contributed by atoms with Gasteiger partial charge in [-0.25, -0.2) is 9.97 Å². The molecular formula is C16H20N4O. The van der Waals surface area contributed by atoms with Gasteiger partial charge in [-0.3, -0.25) is 0 Å². The van der Waals surface area contributed by atoms with Gasteiger partial charge in [0.2, 0.25) is 0 Å². The number of rotatable bonds is 2. The lowest BCUT2D eigenvalue weighted by Gasteiger charge is -2.23. The first kappa shape index (κ1) is 13.7. The van der Waals surface area contributed by atoms with Gasteiger partial charge in [0.1, 0.15) is 23.2 Å². The Morgan fingerprint density at radius 1 is 1.24 bits per heavy atom. The number of nitrogens with zero attached hydrogens (tertiary/aromatic N) is 3. The Balaban J connectivity index is 2.07. The minimum atomic E-state index is 0.241. The van der Waals surface area contributed by atoms with Crippen LogP contribution in [0.5, 0.6) is 5.75 Å². The number of hydrogen-bond donors (Lipinski definition) is 1. The number of nitrogens with two attached hydrogens (primary N) is 1. The summed E-state index contributed by atoms with van der Waals surface area (Å²) >= 11 is 0. The summed E-state index contributed by atoms with van der Waals surface area (Å²) in [6.07, 6.45) is 0.940. The Bertz CT molecular complexity index is 642. The normalized spacial score (nSPS) is 14.5. The number of hydrogen-bond acceptors (Lipinski definition) is 5. The van der Waals surface area contributed by atoms with Crippen LogP contribution in [0.3, 0.4) is 0 Å². The Labute approximate surface area is 124 Å². The number of nitrogen functional groups attached to an aromatic ring is 1. The highest BCUT2D eigenvalue weighted by molar-refractivity contribution is 5.68. The Morgan fingerprint density at radius 2 is 2.05 bits per heavy atom.